The highest BCUT2D eigenvalue weighted by Crippen LogP contribution is 2.27. The van der Waals surface area contributed by atoms with Crippen molar-refractivity contribution in [1.29, 1.82) is 0 Å². The van der Waals surface area contributed by atoms with E-state index >= 15 is 0 Å². The molecule has 7 heteroatoms. The number of carbonyl (C=O) groups excluding carboxylic acids is 1. The zero-order valence-corrected chi connectivity index (χ0v) is 17.2. The Kier molecular flexibility index (Phi) is 5.66. The molecule has 0 aliphatic heterocycles. The highest BCUT2D eigenvalue weighted by atomic mass is 32.1. The molecule has 132 valence electrons. The third kappa shape index (κ3) is 4.54. The summed E-state index contributed by atoms with van der Waals surface area (Å²) in [5.74, 6) is 0.0254. The van der Waals surface area contributed by atoms with Crippen molar-refractivity contribution in [3.05, 3.63) is 53.5 Å². The molecule has 0 aromatic carbocycles. The lowest BCUT2D eigenvalue weighted by atomic mass is 10.1. The van der Waals surface area contributed by atoms with Crippen molar-refractivity contribution in [3.63, 3.8) is 0 Å². The van der Waals surface area contributed by atoms with Crippen LogP contribution in [0.4, 0.5) is 0 Å². The molecule has 4 nitrogen and oxygen atoms in total. The average molecular weight is 392 g/mol. The Bertz CT molecular complexity index is 845. The molecular weight excluding hydrogens is 370 g/mol. The molecule has 0 saturated heterocycles. The molecule has 25 heavy (non-hydrogen) atoms. The van der Waals surface area contributed by atoms with Crippen LogP contribution in [0.5, 0.6) is 0 Å². The maximum absolute atomic E-state index is 12.6. The highest BCUT2D eigenvalue weighted by Gasteiger charge is 2.21. The number of thiazole rings is 2. The van der Waals surface area contributed by atoms with Crippen LogP contribution < -0.4 is 5.32 Å². The lowest BCUT2D eigenvalue weighted by Gasteiger charge is -2.16. The minimum atomic E-state index is -0.0891. The van der Waals surface area contributed by atoms with Crippen LogP contribution in [-0.4, -0.2) is 15.9 Å². The predicted molar refractivity (Wildman–Crippen MR) is 106 cm³/mol. The topological polar surface area (TPSA) is 54.9 Å². The van der Waals surface area contributed by atoms with Gasteiger partial charge >= 0.3 is 0 Å². The van der Waals surface area contributed by atoms with Crippen molar-refractivity contribution in [2.24, 2.45) is 0 Å². The number of carbonyl (C=O) groups is 1. The SMILES string of the molecule is Cc1nc(C)c(CC(=O)NC(Cc2ccsc2)c2nc(C)c(C)s2)s1. The van der Waals surface area contributed by atoms with E-state index in [1.165, 1.54) is 10.4 Å². The average Bonchev–Trinajstić information content (AvgIpc) is 3.23. The predicted octanol–water partition coefficient (Wildman–Crippen LogP) is 4.54. The molecule has 0 radical (unpaired) electrons. The number of thiophene rings is 1. The number of hydrogen-bond donors (Lipinski definition) is 1. The fourth-order valence-electron chi connectivity index (χ4n) is 2.62. The van der Waals surface area contributed by atoms with Gasteiger partial charge in [0.15, 0.2) is 0 Å². The van der Waals surface area contributed by atoms with Crippen molar-refractivity contribution < 1.29 is 4.79 Å². The van der Waals surface area contributed by atoms with Crippen molar-refractivity contribution in [1.82, 2.24) is 15.3 Å². The van der Waals surface area contributed by atoms with Crippen molar-refractivity contribution in [3.8, 4) is 0 Å². The van der Waals surface area contributed by atoms with Crippen LogP contribution in [-0.2, 0) is 17.6 Å². The number of hydrogen-bond acceptors (Lipinski definition) is 6. The number of nitrogens with one attached hydrogen (secondary N) is 1. The first-order valence-corrected chi connectivity index (χ1v) is 10.7. The zero-order chi connectivity index (χ0) is 18.0. The molecule has 3 rings (SSSR count). The lowest BCUT2D eigenvalue weighted by molar-refractivity contribution is -0.121. The van der Waals surface area contributed by atoms with E-state index in [-0.39, 0.29) is 11.9 Å². The molecule has 0 fully saturated rings. The van der Waals surface area contributed by atoms with E-state index in [1.54, 1.807) is 34.0 Å². The molecular formula is C18H21N3OS3. The quantitative estimate of drug-likeness (QED) is 0.671. The number of aryl methyl sites for hydroxylation is 4. The smallest absolute Gasteiger partial charge is 0.225 e. The maximum Gasteiger partial charge on any atom is 0.225 e. The largest absolute Gasteiger partial charge is 0.346 e. The second-order valence-corrected chi connectivity index (χ2v) is 9.37. The van der Waals surface area contributed by atoms with E-state index in [0.717, 1.165) is 32.7 Å². The first-order chi connectivity index (χ1) is 11.9. The Balaban J connectivity index is 1.76. The molecule has 0 spiro atoms. The standard InChI is InChI=1S/C18H21N3OS3/c1-10-12(3)24-18(20-10)15(7-14-5-6-23-9-14)21-17(22)8-16-11(2)19-13(4)25-16/h5-6,9,15H,7-8H2,1-4H3,(H,21,22). The van der Waals surface area contributed by atoms with Gasteiger partial charge in [0.1, 0.15) is 5.01 Å². The second kappa shape index (κ2) is 7.76. The Hall–Kier alpha value is -1.57. The molecule has 1 unspecified atom stereocenters. The van der Waals surface area contributed by atoms with Crippen LogP contribution in [0.25, 0.3) is 0 Å². The van der Waals surface area contributed by atoms with Crippen LogP contribution in [0.15, 0.2) is 16.8 Å². The zero-order valence-electron chi connectivity index (χ0n) is 14.8. The normalized spacial score (nSPS) is 12.3. The van der Waals surface area contributed by atoms with E-state index in [4.69, 9.17) is 0 Å². The minimum absolute atomic E-state index is 0.0254. The van der Waals surface area contributed by atoms with E-state index in [9.17, 15) is 4.79 Å². The van der Waals surface area contributed by atoms with Crippen LogP contribution in [0.1, 0.15) is 42.8 Å². The van der Waals surface area contributed by atoms with Gasteiger partial charge in [-0.3, -0.25) is 4.79 Å². The fraction of sp³-hybridized carbons (Fsp3) is 0.389. The fourth-order valence-corrected chi connectivity index (χ4v) is 5.21. The Morgan fingerprint density at radius 2 is 1.96 bits per heavy atom. The Morgan fingerprint density at radius 3 is 2.52 bits per heavy atom. The molecule has 0 bridgehead atoms. The molecule has 0 aliphatic carbocycles. The lowest BCUT2D eigenvalue weighted by Crippen LogP contribution is -2.31. The van der Waals surface area contributed by atoms with Crippen LogP contribution >= 0.6 is 34.0 Å². The molecule has 3 aromatic heterocycles. The van der Waals surface area contributed by atoms with Gasteiger partial charge in [0.05, 0.1) is 28.9 Å². The van der Waals surface area contributed by atoms with Gasteiger partial charge in [0.25, 0.3) is 0 Å². The molecule has 1 atom stereocenters. The number of rotatable bonds is 6. The monoisotopic (exact) mass is 391 g/mol. The highest BCUT2D eigenvalue weighted by molar-refractivity contribution is 7.12. The summed E-state index contributed by atoms with van der Waals surface area (Å²) >= 11 is 4.94. The molecule has 0 saturated carbocycles. The van der Waals surface area contributed by atoms with Crippen molar-refractivity contribution >= 4 is 39.9 Å². The first-order valence-electron chi connectivity index (χ1n) is 8.09. The number of amides is 1. The second-order valence-electron chi connectivity index (χ2n) is 6.07. The molecule has 0 aliphatic rings. The van der Waals surface area contributed by atoms with Crippen molar-refractivity contribution in [2.75, 3.05) is 0 Å². The van der Waals surface area contributed by atoms with Gasteiger partial charge in [0.2, 0.25) is 5.91 Å². The van der Waals surface area contributed by atoms with Crippen molar-refractivity contribution in [2.45, 2.75) is 46.6 Å². The van der Waals surface area contributed by atoms with E-state index in [1.807, 2.05) is 20.8 Å². The third-order valence-corrected chi connectivity index (χ3v) is 7.01. The third-order valence-electron chi connectivity index (χ3n) is 4.02. The Labute approximate surface area is 160 Å². The molecule has 1 amide bonds. The van der Waals surface area contributed by atoms with Gasteiger partial charge < -0.3 is 5.32 Å². The summed E-state index contributed by atoms with van der Waals surface area (Å²) in [4.78, 5) is 23.9. The van der Waals surface area contributed by atoms with Gasteiger partial charge in [0, 0.05) is 16.2 Å². The van der Waals surface area contributed by atoms with Crippen LogP contribution in [0.3, 0.4) is 0 Å². The van der Waals surface area contributed by atoms with E-state index in [0.29, 0.717) is 6.42 Å². The molecule has 3 aromatic rings. The molecule has 1 N–H and O–H groups in total. The summed E-state index contributed by atoms with van der Waals surface area (Å²) in [5.41, 5.74) is 3.22. The molecule has 3 heterocycles. The number of nitrogens with zero attached hydrogens (tertiary/aromatic N) is 2. The van der Waals surface area contributed by atoms with Crippen LogP contribution in [0.2, 0.25) is 0 Å². The summed E-state index contributed by atoms with van der Waals surface area (Å²) in [6.07, 6.45) is 1.14. The Morgan fingerprint density at radius 1 is 1.16 bits per heavy atom. The van der Waals surface area contributed by atoms with E-state index in [2.05, 4.69) is 39.0 Å². The summed E-state index contributed by atoms with van der Waals surface area (Å²) < 4.78 is 0. The summed E-state index contributed by atoms with van der Waals surface area (Å²) in [6, 6.07) is 2.02. The first kappa shape index (κ1) is 18.2. The van der Waals surface area contributed by atoms with Gasteiger partial charge in [-0.25, -0.2) is 9.97 Å². The maximum atomic E-state index is 12.6. The van der Waals surface area contributed by atoms with Gasteiger partial charge in [-0.15, -0.1) is 22.7 Å². The van der Waals surface area contributed by atoms with Crippen LogP contribution in [0, 0.1) is 27.7 Å². The summed E-state index contributed by atoms with van der Waals surface area (Å²) in [5, 5.41) is 9.36. The summed E-state index contributed by atoms with van der Waals surface area (Å²) in [6.45, 7) is 8.02. The minimum Gasteiger partial charge on any atom is -0.346 e. The number of aromatic nitrogens is 2. The van der Waals surface area contributed by atoms with Gasteiger partial charge in [-0.2, -0.15) is 11.3 Å². The van der Waals surface area contributed by atoms with Gasteiger partial charge in [-0.05, 0) is 50.1 Å². The van der Waals surface area contributed by atoms with E-state index < -0.39 is 0 Å². The van der Waals surface area contributed by atoms with Gasteiger partial charge in [-0.1, -0.05) is 0 Å². The summed E-state index contributed by atoms with van der Waals surface area (Å²) in [7, 11) is 0.